The van der Waals surface area contributed by atoms with E-state index in [9.17, 15) is 4.79 Å². The monoisotopic (exact) mass is 399 g/mol. The largest absolute Gasteiger partial charge is 0.462 e. The van der Waals surface area contributed by atoms with Crippen molar-refractivity contribution in [2.45, 2.75) is 104 Å². The number of H-pyrrole nitrogens is 1. The molecule has 0 spiro atoms. The zero-order valence-corrected chi connectivity index (χ0v) is 18.7. The van der Waals surface area contributed by atoms with Crippen LogP contribution in [0.2, 0.25) is 0 Å². The predicted molar refractivity (Wildman–Crippen MR) is 124 cm³/mol. The number of nitrogens with one attached hydrogen (secondary N) is 1. The van der Waals surface area contributed by atoms with E-state index in [1.807, 2.05) is 25.1 Å². The van der Waals surface area contributed by atoms with Crippen LogP contribution >= 0.6 is 0 Å². The fraction of sp³-hybridized carbons (Fsp3) is 0.654. The highest BCUT2D eigenvalue weighted by atomic mass is 16.5. The van der Waals surface area contributed by atoms with E-state index in [2.05, 4.69) is 18.0 Å². The van der Waals surface area contributed by atoms with Gasteiger partial charge in [-0.15, -0.1) is 0 Å². The molecule has 0 unspecified atom stereocenters. The third-order valence-corrected chi connectivity index (χ3v) is 5.74. The van der Waals surface area contributed by atoms with Crippen molar-refractivity contribution < 1.29 is 9.53 Å². The number of fused-ring (bicyclic) bond motifs is 1. The van der Waals surface area contributed by atoms with Gasteiger partial charge in [-0.25, -0.2) is 4.79 Å². The van der Waals surface area contributed by atoms with Gasteiger partial charge in [0, 0.05) is 11.2 Å². The molecule has 0 aliphatic heterocycles. The Hall–Kier alpha value is -1.77. The number of benzene rings is 1. The van der Waals surface area contributed by atoms with Gasteiger partial charge in [0.1, 0.15) is 0 Å². The highest BCUT2D eigenvalue weighted by Gasteiger charge is 2.08. The minimum atomic E-state index is -0.248. The molecule has 162 valence electrons. The normalized spacial score (nSPS) is 11.2. The number of aromatic nitrogens is 1. The van der Waals surface area contributed by atoms with Gasteiger partial charge in [-0.2, -0.15) is 0 Å². The number of hydrogen-bond acceptors (Lipinski definition) is 2. The third kappa shape index (κ3) is 9.06. The Morgan fingerprint density at radius 1 is 0.793 bits per heavy atom. The Kier molecular flexibility index (Phi) is 11.6. The molecule has 0 saturated heterocycles. The number of aromatic amines is 1. The van der Waals surface area contributed by atoms with E-state index in [1.54, 1.807) is 0 Å². The van der Waals surface area contributed by atoms with Crippen molar-refractivity contribution in [2.24, 2.45) is 0 Å². The Morgan fingerprint density at radius 3 is 1.97 bits per heavy atom. The van der Waals surface area contributed by atoms with Crippen molar-refractivity contribution >= 4 is 16.9 Å². The first-order valence-electron chi connectivity index (χ1n) is 12.0. The molecule has 0 bridgehead atoms. The molecule has 0 atom stereocenters. The summed E-state index contributed by atoms with van der Waals surface area (Å²) in [6.07, 6.45) is 19.1. The lowest BCUT2D eigenvalue weighted by Crippen LogP contribution is -2.03. The molecule has 1 aromatic carbocycles. The Bertz CT molecular complexity index is 704. The second kappa shape index (κ2) is 14.3. The lowest BCUT2D eigenvalue weighted by Gasteiger charge is -2.03. The average Bonchev–Trinajstić information content (AvgIpc) is 3.13. The number of carbonyl (C=O) groups is 1. The van der Waals surface area contributed by atoms with Crippen LogP contribution in [0.3, 0.4) is 0 Å². The molecule has 1 aromatic heterocycles. The summed E-state index contributed by atoms with van der Waals surface area (Å²) in [5.74, 6) is -0.248. The van der Waals surface area contributed by atoms with Gasteiger partial charge in [-0.3, -0.25) is 0 Å². The molecule has 0 radical (unpaired) electrons. The molecular weight excluding hydrogens is 358 g/mol. The predicted octanol–water partition coefficient (Wildman–Crippen LogP) is 7.98. The van der Waals surface area contributed by atoms with Crippen LogP contribution < -0.4 is 0 Å². The maximum atomic E-state index is 11.9. The minimum absolute atomic E-state index is 0.248. The van der Waals surface area contributed by atoms with Crippen LogP contribution in [0.1, 0.15) is 113 Å². The Labute approximate surface area is 177 Å². The molecular formula is C26H41NO2. The van der Waals surface area contributed by atoms with Crippen LogP contribution in [0.5, 0.6) is 0 Å². The van der Waals surface area contributed by atoms with Crippen LogP contribution in [0, 0.1) is 0 Å². The van der Waals surface area contributed by atoms with Crippen molar-refractivity contribution in [2.75, 3.05) is 6.61 Å². The zero-order valence-electron chi connectivity index (χ0n) is 18.7. The summed E-state index contributed by atoms with van der Waals surface area (Å²) in [7, 11) is 0. The summed E-state index contributed by atoms with van der Waals surface area (Å²) in [5.41, 5.74) is 2.91. The van der Waals surface area contributed by atoms with E-state index in [-0.39, 0.29) is 5.97 Å². The Morgan fingerprint density at radius 2 is 1.38 bits per heavy atom. The number of esters is 1. The topological polar surface area (TPSA) is 42.1 Å². The van der Waals surface area contributed by atoms with Gasteiger partial charge in [-0.05, 0) is 43.4 Å². The molecule has 1 N–H and O–H groups in total. The highest BCUT2D eigenvalue weighted by Crippen LogP contribution is 2.20. The van der Waals surface area contributed by atoms with Crippen LogP contribution in [0.4, 0.5) is 0 Å². The lowest BCUT2D eigenvalue weighted by atomic mass is 10.0. The Balaban J connectivity index is 1.54. The van der Waals surface area contributed by atoms with Gasteiger partial charge in [0.15, 0.2) is 0 Å². The first-order chi connectivity index (χ1) is 14.2. The van der Waals surface area contributed by atoms with Gasteiger partial charge in [0.05, 0.1) is 12.2 Å². The molecule has 3 heteroatoms. The molecule has 1 heterocycles. The first-order valence-corrected chi connectivity index (χ1v) is 12.0. The maximum absolute atomic E-state index is 11.9. The number of ether oxygens (including phenoxy) is 1. The number of carbonyl (C=O) groups excluding carboxylic acids is 1. The van der Waals surface area contributed by atoms with Gasteiger partial charge >= 0.3 is 5.97 Å². The lowest BCUT2D eigenvalue weighted by molar-refractivity contribution is 0.0526. The first kappa shape index (κ1) is 23.5. The van der Waals surface area contributed by atoms with E-state index in [4.69, 9.17) is 4.74 Å². The van der Waals surface area contributed by atoms with Gasteiger partial charge in [-0.1, -0.05) is 90.0 Å². The van der Waals surface area contributed by atoms with Crippen molar-refractivity contribution in [3.05, 3.63) is 35.5 Å². The van der Waals surface area contributed by atoms with E-state index >= 15 is 0 Å². The average molecular weight is 400 g/mol. The second-order valence-electron chi connectivity index (χ2n) is 8.31. The molecule has 0 fully saturated rings. The smallest absolute Gasteiger partial charge is 0.338 e. The summed E-state index contributed by atoms with van der Waals surface area (Å²) in [6.45, 7) is 4.52. The number of rotatable bonds is 16. The number of aryl methyl sites for hydroxylation is 1. The SMILES string of the molecule is CCCCCCCCCCCCCCCc1cc2ccc(C(=O)OCC)cc2[nH]1. The van der Waals surface area contributed by atoms with E-state index in [0.29, 0.717) is 12.2 Å². The summed E-state index contributed by atoms with van der Waals surface area (Å²) < 4.78 is 5.08. The van der Waals surface area contributed by atoms with Crippen molar-refractivity contribution in [1.82, 2.24) is 4.98 Å². The zero-order chi connectivity index (χ0) is 20.7. The molecule has 29 heavy (non-hydrogen) atoms. The molecule has 0 saturated carbocycles. The molecule has 0 amide bonds. The summed E-state index contributed by atoms with van der Waals surface area (Å²) in [5, 5.41) is 1.17. The van der Waals surface area contributed by atoms with Crippen molar-refractivity contribution in [3.8, 4) is 0 Å². The fourth-order valence-electron chi connectivity index (χ4n) is 4.00. The minimum Gasteiger partial charge on any atom is -0.462 e. The van der Waals surface area contributed by atoms with Gasteiger partial charge in [0.2, 0.25) is 0 Å². The van der Waals surface area contributed by atoms with Crippen LogP contribution in [-0.2, 0) is 11.2 Å². The number of hydrogen-bond donors (Lipinski definition) is 1. The van der Waals surface area contributed by atoms with Crippen molar-refractivity contribution in [3.63, 3.8) is 0 Å². The van der Waals surface area contributed by atoms with Gasteiger partial charge < -0.3 is 9.72 Å². The standard InChI is InChI=1S/C26H41NO2/c1-3-5-6-7-8-9-10-11-12-13-14-15-16-17-24-20-22-18-19-23(21-25(22)27-24)26(28)29-4-2/h18-21,27H,3-17H2,1-2H3. The molecule has 0 aliphatic carbocycles. The van der Waals surface area contributed by atoms with E-state index < -0.39 is 0 Å². The highest BCUT2D eigenvalue weighted by molar-refractivity contribution is 5.94. The van der Waals surface area contributed by atoms with E-state index in [1.165, 1.54) is 94.6 Å². The quantitative estimate of drug-likeness (QED) is 0.230. The summed E-state index contributed by atoms with van der Waals surface area (Å²) in [4.78, 5) is 15.3. The van der Waals surface area contributed by atoms with Crippen LogP contribution in [-0.4, -0.2) is 17.6 Å². The molecule has 0 aliphatic rings. The van der Waals surface area contributed by atoms with E-state index in [0.717, 1.165) is 11.9 Å². The van der Waals surface area contributed by atoms with Crippen molar-refractivity contribution in [1.29, 1.82) is 0 Å². The maximum Gasteiger partial charge on any atom is 0.338 e. The fourth-order valence-corrected chi connectivity index (χ4v) is 4.00. The number of unbranched alkanes of at least 4 members (excludes halogenated alkanes) is 12. The molecule has 2 rings (SSSR count). The van der Waals surface area contributed by atoms with Crippen LogP contribution in [0.25, 0.3) is 10.9 Å². The van der Waals surface area contributed by atoms with Crippen LogP contribution in [0.15, 0.2) is 24.3 Å². The third-order valence-electron chi connectivity index (χ3n) is 5.74. The van der Waals surface area contributed by atoms with Gasteiger partial charge in [0.25, 0.3) is 0 Å². The molecule has 3 nitrogen and oxygen atoms in total. The second-order valence-corrected chi connectivity index (χ2v) is 8.31. The summed E-state index contributed by atoms with van der Waals surface area (Å²) in [6, 6.07) is 7.97. The summed E-state index contributed by atoms with van der Waals surface area (Å²) >= 11 is 0. The molecule has 2 aromatic rings.